The van der Waals surface area contributed by atoms with Crippen molar-refractivity contribution in [3.63, 3.8) is 0 Å². The van der Waals surface area contributed by atoms with Crippen LogP contribution in [0.1, 0.15) is 29.9 Å². The highest BCUT2D eigenvalue weighted by atomic mass is 32.2. The molecule has 4 heterocycles. The molecular formula is C27H26F2N6O4S. The van der Waals surface area contributed by atoms with Gasteiger partial charge in [0, 0.05) is 36.4 Å². The first-order chi connectivity index (χ1) is 19.1. The second kappa shape index (κ2) is 11.2. The summed E-state index contributed by atoms with van der Waals surface area (Å²) in [5, 5.41) is 3.42. The first-order valence-electron chi connectivity index (χ1n) is 12.5. The van der Waals surface area contributed by atoms with Gasteiger partial charge in [-0.25, -0.2) is 23.4 Å². The molecular weight excluding hydrogens is 542 g/mol. The van der Waals surface area contributed by atoms with Gasteiger partial charge in [-0.3, -0.25) is 9.78 Å². The molecule has 1 N–H and O–H groups in total. The Morgan fingerprint density at radius 3 is 2.55 bits per heavy atom. The highest BCUT2D eigenvalue weighted by Gasteiger charge is 2.27. The van der Waals surface area contributed by atoms with Gasteiger partial charge in [-0.2, -0.15) is 8.78 Å². The first-order valence-corrected chi connectivity index (χ1v) is 14.0. The minimum atomic E-state index is -4.82. The molecule has 208 valence electrons. The number of ether oxygens (including phenoxy) is 1. The monoisotopic (exact) mass is 568 g/mol. The van der Waals surface area contributed by atoms with Crippen molar-refractivity contribution >= 4 is 32.6 Å². The van der Waals surface area contributed by atoms with Gasteiger partial charge in [-0.1, -0.05) is 6.07 Å². The van der Waals surface area contributed by atoms with Crippen molar-refractivity contribution in [1.29, 1.82) is 0 Å². The molecule has 0 spiro atoms. The molecule has 40 heavy (non-hydrogen) atoms. The van der Waals surface area contributed by atoms with Crippen molar-refractivity contribution in [3.8, 4) is 11.4 Å². The highest BCUT2D eigenvalue weighted by molar-refractivity contribution is 7.91. The Balaban J connectivity index is 1.33. The first kappa shape index (κ1) is 27.5. The number of sulfone groups is 1. The van der Waals surface area contributed by atoms with Gasteiger partial charge < -0.3 is 15.0 Å². The van der Waals surface area contributed by atoms with Crippen molar-refractivity contribution in [2.24, 2.45) is 0 Å². The molecule has 0 saturated carbocycles. The number of anilines is 1. The van der Waals surface area contributed by atoms with Gasteiger partial charge in [0.05, 0.1) is 46.2 Å². The summed E-state index contributed by atoms with van der Waals surface area (Å²) in [6.07, 6.45) is 3.46. The summed E-state index contributed by atoms with van der Waals surface area (Å²) >= 11 is 0. The standard InChI is InChI=1S/C27H26F2N6O4S/c1-16-14-35(15-17(2)39-16)27-30-9-8-23(34-27)22-7-6-19-12-31-20(11-24(19)33-22)13-32-25(36)18-4-3-5-21(10-18)40(37,38)26(28)29/h3-12,16-17,26H,13-15H2,1-2H3,(H,32,36)/t16-,17+. The largest absolute Gasteiger partial charge is 0.372 e. The van der Waals surface area contributed by atoms with Crippen molar-refractivity contribution < 1.29 is 26.7 Å². The molecule has 1 amide bonds. The molecule has 2 atom stereocenters. The number of halogens is 2. The summed E-state index contributed by atoms with van der Waals surface area (Å²) in [6, 6.07) is 11.8. The van der Waals surface area contributed by atoms with E-state index in [4.69, 9.17) is 14.7 Å². The van der Waals surface area contributed by atoms with Crippen LogP contribution in [0.3, 0.4) is 0 Å². The Morgan fingerprint density at radius 1 is 1.05 bits per heavy atom. The van der Waals surface area contributed by atoms with Crippen LogP contribution in [0, 0.1) is 0 Å². The lowest BCUT2D eigenvalue weighted by Gasteiger charge is -2.35. The van der Waals surface area contributed by atoms with Crippen LogP contribution in [0.5, 0.6) is 0 Å². The van der Waals surface area contributed by atoms with Crippen LogP contribution in [0.4, 0.5) is 14.7 Å². The lowest BCUT2D eigenvalue weighted by molar-refractivity contribution is -0.00571. The van der Waals surface area contributed by atoms with Crippen molar-refractivity contribution in [2.75, 3.05) is 18.0 Å². The normalized spacial score (nSPS) is 17.8. The van der Waals surface area contributed by atoms with Crippen LogP contribution in [-0.2, 0) is 21.1 Å². The number of hydrogen-bond donors (Lipinski definition) is 1. The summed E-state index contributed by atoms with van der Waals surface area (Å²) in [4.78, 5) is 32.3. The fourth-order valence-electron chi connectivity index (χ4n) is 4.47. The predicted molar refractivity (Wildman–Crippen MR) is 144 cm³/mol. The highest BCUT2D eigenvalue weighted by Crippen LogP contribution is 2.23. The molecule has 3 aromatic heterocycles. The number of carbonyl (C=O) groups is 1. The Kier molecular flexibility index (Phi) is 7.68. The molecule has 0 aliphatic carbocycles. The van der Waals surface area contributed by atoms with E-state index in [1.54, 1.807) is 24.5 Å². The third kappa shape index (κ3) is 5.89. The predicted octanol–water partition coefficient (Wildman–Crippen LogP) is 3.63. The summed E-state index contributed by atoms with van der Waals surface area (Å²) in [5.74, 6) is -3.61. The molecule has 1 aliphatic heterocycles. The zero-order valence-corrected chi connectivity index (χ0v) is 22.5. The van der Waals surface area contributed by atoms with Crippen molar-refractivity contribution in [1.82, 2.24) is 25.3 Å². The van der Waals surface area contributed by atoms with Crippen LogP contribution >= 0.6 is 0 Å². The molecule has 1 saturated heterocycles. The van der Waals surface area contributed by atoms with Gasteiger partial charge in [0.2, 0.25) is 15.8 Å². The van der Waals surface area contributed by atoms with E-state index in [0.717, 1.165) is 17.5 Å². The van der Waals surface area contributed by atoms with Crippen LogP contribution in [0.2, 0.25) is 0 Å². The number of aromatic nitrogens is 4. The van der Waals surface area contributed by atoms with E-state index < -0.39 is 26.4 Å². The number of pyridine rings is 2. The number of carbonyl (C=O) groups excluding carboxylic acids is 1. The smallest absolute Gasteiger partial charge is 0.341 e. The molecule has 1 aliphatic rings. The SMILES string of the molecule is C[C@@H]1CN(c2nccc(-c3ccc4cnc(CNC(=O)c5cccc(S(=O)(=O)C(F)F)c5)cc4n3)n2)C[C@H](C)O1. The maximum Gasteiger partial charge on any atom is 0.341 e. The maximum atomic E-state index is 12.9. The van der Waals surface area contributed by atoms with E-state index in [1.165, 1.54) is 12.1 Å². The minimum Gasteiger partial charge on any atom is -0.372 e. The van der Waals surface area contributed by atoms with Crippen LogP contribution in [-0.4, -0.2) is 65.3 Å². The molecule has 4 aromatic rings. The fourth-order valence-corrected chi connectivity index (χ4v) is 5.24. The molecule has 13 heteroatoms. The lowest BCUT2D eigenvalue weighted by Crippen LogP contribution is -2.46. The van der Waals surface area contributed by atoms with Gasteiger partial charge >= 0.3 is 5.76 Å². The summed E-state index contributed by atoms with van der Waals surface area (Å²) in [5.41, 5.74) is 2.37. The second-order valence-electron chi connectivity index (χ2n) is 9.49. The number of morpholine rings is 1. The molecule has 1 aromatic carbocycles. The Labute approximate surface area is 229 Å². The van der Waals surface area contributed by atoms with Crippen LogP contribution in [0.25, 0.3) is 22.3 Å². The van der Waals surface area contributed by atoms with E-state index in [0.29, 0.717) is 41.6 Å². The van der Waals surface area contributed by atoms with Gasteiger partial charge in [0.25, 0.3) is 5.91 Å². The summed E-state index contributed by atoms with van der Waals surface area (Å²) in [7, 11) is -4.82. The molecule has 0 bridgehead atoms. The lowest BCUT2D eigenvalue weighted by atomic mass is 10.2. The average Bonchev–Trinajstić information content (AvgIpc) is 2.95. The van der Waals surface area contributed by atoms with Crippen LogP contribution in [0.15, 0.2) is 65.8 Å². The molecule has 0 radical (unpaired) electrons. The maximum absolute atomic E-state index is 12.9. The minimum absolute atomic E-state index is 0.0115. The number of nitrogens with one attached hydrogen (secondary N) is 1. The number of fused-ring (bicyclic) bond motifs is 1. The summed E-state index contributed by atoms with van der Waals surface area (Å²) in [6.45, 7) is 5.41. The van der Waals surface area contributed by atoms with Gasteiger partial charge in [0.1, 0.15) is 0 Å². The summed E-state index contributed by atoms with van der Waals surface area (Å²) < 4.78 is 55.1. The van der Waals surface area contributed by atoms with Gasteiger partial charge in [-0.15, -0.1) is 0 Å². The van der Waals surface area contributed by atoms with E-state index in [2.05, 4.69) is 20.2 Å². The Hall–Kier alpha value is -4.10. The second-order valence-corrected chi connectivity index (χ2v) is 11.4. The van der Waals surface area contributed by atoms with E-state index in [1.807, 2.05) is 26.0 Å². The topological polar surface area (TPSA) is 127 Å². The fraction of sp³-hybridized carbons (Fsp3) is 0.296. The van der Waals surface area contributed by atoms with Gasteiger partial charge in [-0.05, 0) is 56.3 Å². The quantitative estimate of drug-likeness (QED) is 0.356. The molecule has 0 unspecified atom stereocenters. The molecule has 1 fully saturated rings. The average molecular weight is 569 g/mol. The van der Waals surface area contributed by atoms with E-state index in [-0.39, 0.29) is 24.3 Å². The number of amides is 1. The zero-order chi connectivity index (χ0) is 28.4. The van der Waals surface area contributed by atoms with Gasteiger partial charge in [0.15, 0.2) is 0 Å². The molecule has 10 nitrogen and oxygen atoms in total. The van der Waals surface area contributed by atoms with Crippen molar-refractivity contribution in [2.45, 2.75) is 43.3 Å². The Bertz CT molecular complexity index is 1660. The number of benzene rings is 1. The van der Waals surface area contributed by atoms with E-state index >= 15 is 0 Å². The number of alkyl halides is 2. The van der Waals surface area contributed by atoms with Crippen molar-refractivity contribution in [3.05, 3.63) is 72.2 Å². The number of rotatable bonds is 7. The number of nitrogens with zero attached hydrogens (tertiary/aromatic N) is 5. The van der Waals surface area contributed by atoms with Crippen LogP contribution < -0.4 is 10.2 Å². The zero-order valence-electron chi connectivity index (χ0n) is 21.7. The van der Waals surface area contributed by atoms with E-state index in [9.17, 15) is 22.0 Å². The molecule has 5 rings (SSSR count). The third-order valence-corrected chi connectivity index (χ3v) is 7.71. The third-order valence-electron chi connectivity index (χ3n) is 6.33. The Morgan fingerprint density at radius 2 is 1.80 bits per heavy atom. The number of hydrogen-bond acceptors (Lipinski definition) is 9.